The van der Waals surface area contributed by atoms with Gasteiger partial charge in [0.2, 0.25) is 0 Å². The molecular weight excluding hydrogens is 286 g/mol. The van der Waals surface area contributed by atoms with Gasteiger partial charge in [-0.15, -0.1) is 11.3 Å². The summed E-state index contributed by atoms with van der Waals surface area (Å²) in [6.45, 7) is 0. The number of benzene rings is 2. The highest BCUT2D eigenvalue weighted by Crippen LogP contribution is 2.26. The van der Waals surface area contributed by atoms with Gasteiger partial charge in [-0.1, -0.05) is 24.3 Å². The van der Waals surface area contributed by atoms with Crippen LogP contribution in [0.5, 0.6) is 0 Å². The third-order valence-corrected chi connectivity index (χ3v) is 3.65. The Bertz CT molecular complexity index is 755. The first-order valence-electron chi connectivity index (χ1n) is 6.24. The Morgan fingerprint density at radius 3 is 2.57 bits per heavy atom. The summed E-state index contributed by atoms with van der Waals surface area (Å²) in [6.07, 6.45) is 1.74. The minimum atomic E-state index is -0.387. The number of nitro groups is 1. The Labute approximate surface area is 125 Å². The average Bonchev–Trinajstić information content (AvgIpc) is 3.01. The van der Waals surface area contributed by atoms with Crippen molar-refractivity contribution in [1.82, 2.24) is 4.98 Å². The number of hydrogen-bond acceptors (Lipinski definition) is 5. The van der Waals surface area contributed by atoms with Crippen molar-refractivity contribution in [2.24, 2.45) is 0 Å². The van der Waals surface area contributed by atoms with E-state index in [2.05, 4.69) is 10.3 Å². The lowest BCUT2D eigenvalue weighted by Crippen LogP contribution is -1.90. The molecule has 1 aromatic heterocycles. The molecule has 3 aromatic rings. The SMILES string of the molecule is O=[N+]([O-])c1cccc(-c2ccc(Nc3nccs3)cc2)c1. The maximum absolute atomic E-state index is 10.8. The molecule has 0 radical (unpaired) electrons. The first-order valence-corrected chi connectivity index (χ1v) is 7.12. The zero-order valence-electron chi connectivity index (χ0n) is 10.9. The van der Waals surface area contributed by atoms with E-state index in [1.54, 1.807) is 18.3 Å². The third kappa shape index (κ3) is 3.06. The highest BCUT2D eigenvalue weighted by molar-refractivity contribution is 7.13. The van der Waals surface area contributed by atoms with E-state index >= 15 is 0 Å². The number of anilines is 2. The van der Waals surface area contributed by atoms with Gasteiger partial charge >= 0.3 is 0 Å². The van der Waals surface area contributed by atoms with Crippen molar-refractivity contribution in [3.8, 4) is 11.1 Å². The second-order valence-electron chi connectivity index (χ2n) is 4.35. The molecule has 5 nitrogen and oxygen atoms in total. The van der Waals surface area contributed by atoms with E-state index in [1.165, 1.54) is 17.4 Å². The Kier molecular flexibility index (Phi) is 3.61. The van der Waals surface area contributed by atoms with Crippen molar-refractivity contribution in [3.05, 3.63) is 70.2 Å². The quantitative estimate of drug-likeness (QED) is 0.570. The molecule has 0 atom stereocenters. The summed E-state index contributed by atoms with van der Waals surface area (Å²) in [5.74, 6) is 0. The summed E-state index contributed by atoms with van der Waals surface area (Å²) in [5, 5.41) is 16.7. The van der Waals surface area contributed by atoms with Crippen LogP contribution < -0.4 is 5.32 Å². The number of nitro benzene ring substituents is 1. The molecule has 0 aliphatic rings. The van der Waals surface area contributed by atoms with E-state index in [0.717, 1.165) is 21.9 Å². The Balaban J connectivity index is 1.83. The van der Waals surface area contributed by atoms with Crippen LogP contribution in [0.15, 0.2) is 60.1 Å². The molecule has 0 aliphatic heterocycles. The van der Waals surface area contributed by atoms with Crippen LogP contribution in [0.1, 0.15) is 0 Å². The lowest BCUT2D eigenvalue weighted by atomic mass is 10.0. The molecular formula is C15H11N3O2S. The maximum atomic E-state index is 10.8. The molecule has 0 bridgehead atoms. The predicted molar refractivity (Wildman–Crippen MR) is 83.9 cm³/mol. The maximum Gasteiger partial charge on any atom is 0.270 e. The molecule has 6 heteroatoms. The van der Waals surface area contributed by atoms with Gasteiger partial charge in [-0.2, -0.15) is 0 Å². The second-order valence-corrected chi connectivity index (χ2v) is 5.24. The number of thiazole rings is 1. The van der Waals surface area contributed by atoms with Gasteiger partial charge in [0.15, 0.2) is 5.13 Å². The van der Waals surface area contributed by atoms with Gasteiger partial charge in [-0.25, -0.2) is 4.98 Å². The lowest BCUT2D eigenvalue weighted by Gasteiger charge is -2.05. The molecule has 0 aliphatic carbocycles. The monoisotopic (exact) mass is 297 g/mol. The Morgan fingerprint density at radius 2 is 1.90 bits per heavy atom. The first kappa shape index (κ1) is 13.3. The van der Waals surface area contributed by atoms with Crippen LogP contribution in [0.4, 0.5) is 16.5 Å². The molecule has 1 N–H and O–H groups in total. The highest BCUT2D eigenvalue weighted by atomic mass is 32.1. The van der Waals surface area contributed by atoms with Crippen LogP contribution in [0.2, 0.25) is 0 Å². The van der Waals surface area contributed by atoms with Crippen molar-refractivity contribution in [1.29, 1.82) is 0 Å². The fourth-order valence-corrected chi connectivity index (χ4v) is 2.50. The fourth-order valence-electron chi connectivity index (χ4n) is 1.95. The molecule has 0 saturated carbocycles. The number of non-ortho nitro benzene ring substituents is 1. The van der Waals surface area contributed by atoms with E-state index in [4.69, 9.17) is 0 Å². The lowest BCUT2D eigenvalue weighted by molar-refractivity contribution is -0.384. The normalized spacial score (nSPS) is 10.3. The van der Waals surface area contributed by atoms with Gasteiger partial charge in [0.25, 0.3) is 5.69 Å². The van der Waals surface area contributed by atoms with Gasteiger partial charge in [0, 0.05) is 29.4 Å². The van der Waals surface area contributed by atoms with Crippen molar-refractivity contribution in [2.75, 3.05) is 5.32 Å². The van der Waals surface area contributed by atoms with E-state index in [-0.39, 0.29) is 10.6 Å². The fraction of sp³-hybridized carbons (Fsp3) is 0. The number of aromatic nitrogens is 1. The zero-order chi connectivity index (χ0) is 14.7. The number of hydrogen-bond donors (Lipinski definition) is 1. The van der Waals surface area contributed by atoms with Crippen molar-refractivity contribution >= 4 is 27.8 Å². The van der Waals surface area contributed by atoms with Crippen LogP contribution in [0.25, 0.3) is 11.1 Å². The van der Waals surface area contributed by atoms with E-state index in [0.29, 0.717) is 0 Å². The zero-order valence-corrected chi connectivity index (χ0v) is 11.7. The molecule has 2 aromatic carbocycles. The summed E-state index contributed by atoms with van der Waals surface area (Å²) in [7, 11) is 0. The molecule has 0 fully saturated rings. The molecule has 1 heterocycles. The van der Waals surface area contributed by atoms with Crippen LogP contribution in [-0.4, -0.2) is 9.91 Å². The minimum Gasteiger partial charge on any atom is -0.332 e. The van der Waals surface area contributed by atoms with Crippen molar-refractivity contribution in [2.45, 2.75) is 0 Å². The standard InChI is InChI=1S/C15H11N3O2S/c19-18(20)14-3-1-2-12(10-14)11-4-6-13(7-5-11)17-15-16-8-9-21-15/h1-10H,(H,16,17). The van der Waals surface area contributed by atoms with Gasteiger partial charge in [-0.3, -0.25) is 10.1 Å². The average molecular weight is 297 g/mol. The van der Waals surface area contributed by atoms with E-state index < -0.39 is 0 Å². The highest BCUT2D eigenvalue weighted by Gasteiger charge is 2.07. The first-order chi connectivity index (χ1) is 10.2. The predicted octanol–water partition coefficient (Wildman–Crippen LogP) is 4.46. The molecule has 104 valence electrons. The Morgan fingerprint density at radius 1 is 1.10 bits per heavy atom. The van der Waals surface area contributed by atoms with E-state index in [1.807, 2.05) is 35.7 Å². The van der Waals surface area contributed by atoms with Gasteiger partial charge in [-0.05, 0) is 23.3 Å². The molecule has 0 amide bonds. The topological polar surface area (TPSA) is 68.1 Å². The summed E-state index contributed by atoms with van der Waals surface area (Å²) in [4.78, 5) is 14.6. The summed E-state index contributed by atoms with van der Waals surface area (Å²) in [6, 6.07) is 14.3. The number of rotatable bonds is 4. The van der Waals surface area contributed by atoms with Gasteiger partial charge in [0.05, 0.1) is 4.92 Å². The third-order valence-electron chi connectivity index (χ3n) is 2.96. The second kappa shape index (κ2) is 5.72. The van der Waals surface area contributed by atoms with E-state index in [9.17, 15) is 10.1 Å². The number of nitrogens with zero attached hydrogens (tertiary/aromatic N) is 2. The largest absolute Gasteiger partial charge is 0.332 e. The van der Waals surface area contributed by atoms with Crippen molar-refractivity contribution in [3.63, 3.8) is 0 Å². The van der Waals surface area contributed by atoms with Crippen LogP contribution in [0.3, 0.4) is 0 Å². The smallest absolute Gasteiger partial charge is 0.270 e. The van der Waals surface area contributed by atoms with Crippen LogP contribution >= 0.6 is 11.3 Å². The molecule has 0 spiro atoms. The minimum absolute atomic E-state index is 0.0949. The van der Waals surface area contributed by atoms with Crippen LogP contribution in [-0.2, 0) is 0 Å². The van der Waals surface area contributed by atoms with Gasteiger partial charge in [0.1, 0.15) is 0 Å². The van der Waals surface area contributed by atoms with Crippen LogP contribution in [0, 0.1) is 10.1 Å². The summed E-state index contributed by atoms with van der Waals surface area (Å²) < 4.78 is 0. The molecule has 21 heavy (non-hydrogen) atoms. The molecule has 3 rings (SSSR count). The Hall–Kier alpha value is -2.73. The van der Waals surface area contributed by atoms with Gasteiger partial charge < -0.3 is 5.32 Å². The molecule has 0 unspecified atom stereocenters. The van der Waals surface area contributed by atoms with Crippen molar-refractivity contribution < 1.29 is 4.92 Å². The summed E-state index contributed by atoms with van der Waals surface area (Å²) in [5.41, 5.74) is 2.78. The number of nitrogens with one attached hydrogen (secondary N) is 1. The summed E-state index contributed by atoms with van der Waals surface area (Å²) >= 11 is 1.53. The molecule has 0 saturated heterocycles.